The van der Waals surface area contributed by atoms with Crippen LogP contribution in [0.4, 0.5) is 5.82 Å². The van der Waals surface area contributed by atoms with Crippen molar-refractivity contribution in [1.82, 2.24) is 9.97 Å². The summed E-state index contributed by atoms with van der Waals surface area (Å²) in [4.78, 5) is 8.19. The first kappa shape index (κ1) is 9.64. The average molecular weight is 178 g/mol. The lowest BCUT2D eigenvalue weighted by Gasteiger charge is -2.10. The largest absolute Gasteiger partial charge is 0.372 e. The minimum absolute atomic E-state index is 0.312. The Kier molecular flexibility index (Phi) is 2.95. The molecule has 0 unspecified atom stereocenters. The summed E-state index contributed by atoms with van der Waals surface area (Å²) in [6.45, 7) is 4.10. The van der Waals surface area contributed by atoms with Gasteiger partial charge in [0.25, 0.3) is 0 Å². The zero-order valence-electron chi connectivity index (χ0n) is 8.13. The normalized spacial score (nSPS) is 10.2. The highest BCUT2D eigenvalue weighted by Gasteiger charge is 2.10. The van der Waals surface area contributed by atoms with Crippen LogP contribution in [0.25, 0.3) is 0 Å². The molecule has 1 rings (SSSR count). The highest BCUT2D eigenvalue weighted by Crippen LogP contribution is 2.19. The fourth-order valence-corrected chi connectivity index (χ4v) is 1.21. The monoisotopic (exact) mass is 178 g/mol. The first-order valence-electron chi connectivity index (χ1n) is 4.23. The van der Waals surface area contributed by atoms with E-state index in [1.165, 1.54) is 12.5 Å². The molecule has 2 N–H and O–H groups in total. The maximum atomic E-state index is 7.28. The molecule has 0 bridgehead atoms. The van der Waals surface area contributed by atoms with Crippen molar-refractivity contribution in [3.63, 3.8) is 0 Å². The topological polar surface area (TPSA) is 61.7 Å². The molecule has 1 aromatic heterocycles. The first-order chi connectivity index (χ1) is 6.20. The van der Waals surface area contributed by atoms with E-state index in [1.807, 2.05) is 0 Å². The Balaban J connectivity index is 3.27. The van der Waals surface area contributed by atoms with E-state index in [-0.39, 0.29) is 0 Å². The summed E-state index contributed by atoms with van der Waals surface area (Å²) in [5, 5.41) is 10.2. The highest BCUT2D eigenvalue weighted by molar-refractivity contribution is 5.85. The van der Waals surface area contributed by atoms with Crippen molar-refractivity contribution in [1.29, 1.82) is 5.41 Å². The van der Waals surface area contributed by atoms with Gasteiger partial charge in [0, 0.05) is 13.3 Å². The molecule has 70 valence electrons. The van der Waals surface area contributed by atoms with Crippen LogP contribution in [0.3, 0.4) is 0 Å². The average Bonchev–Trinajstić information content (AvgIpc) is 2.16. The van der Waals surface area contributed by atoms with Crippen LogP contribution in [0.1, 0.15) is 31.0 Å². The van der Waals surface area contributed by atoms with Gasteiger partial charge in [0.1, 0.15) is 12.1 Å². The zero-order valence-corrected chi connectivity index (χ0v) is 8.13. The second-order valence-electron chi connectivity index (χ2n) is 3.07. The molecule has 13 heavy (non-hydrogen) atoms. The molecule has 0 aliphatic rings. The van der Waals surface area contributed by atoms with E-state index in [0.717, 1.165) is 11.3 Å². The van der Waals surface area contributed by atoms with Gasteiger partial charge in [0.2, 0.25) is 0 Å². The van der Waals surface area contributed by atoms with Crippen LogP contribution >= 0.6 is 0 Å². The summed E-state index contributed by atoms with van der Waals surface area (Å²) in [5.41, 5.74) is 1.69. The van der Waals surface area contributed by atoms with Gasteiger partial charge >= 0.3 is 0 Å². The molecular weight excluding hydrogens is 164 g/mol. The van der Waals surface area contributed by atoms with Crippen LogP contribution in [-0.2, 0) is 0 Å². The summed E-state index contributed by atoms with van der Waals surface area (Å²) < 4.78 is 0. The van der Waals surface area contributed by atoms with Gasteiger partial charge in [-0.05, 0) is 5.92 Å². The Morgan fingerprint density at radius 2 is 2.15 bits per heavy atom. The molecule has 0 saturated heterocycles. The van der Waals surface area contributed by atoms with Crippen LogP contribution in [0.15, 0.2) is 6.33 Å². The quantitative estimate of drug-likeness (QED) is 0.692. The smallest absolute Gasteiger partial charge is 0.138 e. The fraction of sp³-hybridized carbons (Fsp3) is 0.444. The van der Waals surface area contributed by atoms with Crippen molar-refractivity contribution in [2.45, 2.75) is 19.8 Å². The van der Waals surface area contributed by atoms with E-state index >= 15 is 0 Å². The molecule has 1 heterocycles. The Hall–Kier alpha value is -1.45. The third-order valence-electron chi connectivity index (χ3n) is 1.84. The first-order valence-corrected chi connectivity index (χ1v) is 4.23. The predicted molar refractivity (Wildman–Crippen MR) is 53.6 cm³/mol. The third kappa shape index (κ3) is 1.83. The van der Waals surface area contributed by atoms with Gasteiger partial charge in [-0.15, -0.1) is 0 Å². The second kappa shape index (κ2) is 3.98. The lowest BCUT2D eigenvalue weighted by atomic mass is 10.1. The van der Waals surface area contributed by atoms with Crippen molar-refractivity contribution >= 4 is 12.0 Å². The maximum Gasteiger partial charge on any atom is 0.138 e. The van der Waals surface area contributed by atoms with Crippen molar-refractivity contribution in [2.24, 2.45) is 0 Å². The Bertz CT molecular complexity index is 306. The lowest BCUT2D eigenvalue weighted by molar-refractivity contribution is 0.812. The molecular formula is C9H14N4. The van der Waals surface area contributed by atoms with Crippen molar-refractivity contribution in [3.8, 4) is 0 Å². The molecule has 0 aromatic carbocycles. The molecule has 0 aliphatic carbocycles. The summed E-state index contributed by atoms with van der Waals surface area (Å²) in [6.07, 6.45) is 2.81. The molecule has 4 nitrogen and oxygen atoms in total. The molecule has 0 saturated carbocycles. The Labute approximate surface area is 77.9 Å². The van der Waals surface area contributed by atoms with E-state index in [0.29, 0.717) is 11.7 Å². The fourth-order valence-electron chi connectivity index (χ4n) is 1.21. The summed E-state index contributed by atoms with van der Waals surface area (Å²) in [6, 6.07) is 0. The van der Waals surface area contributed by atoms with E-state index in [4.69, 9.17) is 5.41 Å². The van der Waals surface area contributed by atoms with Crippen molar-refractivity contribution in [3.05, 3.63) is 17.6 Å². The zero-order chi connectivity index (χ0) is 9.84. The predicted octanol–water partition coefficient (Wildman–Crippen LogP) is 1.64. The van der Waals surface area contributed by atoms with Gasteiger partial charge in [-0.25, -0.2) is 9.97 Å². The number of hydrogen-bond acceptors (Lipinski definition) is 4. The SMILES string of the molecule is CNc1ncnc(C(C)C)c1C=N. The minimum Gasteiger partial charge on any atom is -0.372 e. The van der Waals surface area contributed by atoms with Gasteiger partial charge in [0.05, 0.1) is 11.3 Å². The van der Waals surface area contributed by atoms with E-state index < -0.39 is 0 Å². The molecule has 0 amide bonds. The van der Waals surface area contributed by atoms with Crippen LogP contribution < -0.4 is 5.32 Å². The van der Waals surface area contributed by atoms with Crippen molar-refractivity contribution in [2.75, 3.05) is 12.4 Å². The molecule has 0 atom stereocenters. The number of aromatic nitrogens is 2. The van der Waals surface area contributed by atoms with Gasteiger partial charge in [0.15, 0.2) is 0 Å². The van der Waals surface area contributed by atoms with Gasteiger partial charge in [-0.2, -0.15) is 0 Å². The maximum absolute atomic E-state index is 7.28. The third-order valence-corrected chi connectivity index (χ3v) is 1.84. The molecule has 4 heteroatoms. The molecule has 0 aliphatic heterocycles. The van der Waals surface area contributed by atoms with Crippen LogP contribution in [0.5, 0.6) is 0 Å². The van der Waals surface area contributed by atoms with E-state index in [1.54, 1.807) is 7.05 Å². The number of anilines is 1. The molecule has 0 radical (unpaired) electrons. The van der Waals surface area contributed by atoms with E-state index in [9.17, 15) is 0 Å². The minimum atomic E-state index is 0.312. The van der Waals surface area contributed by atoms with Crippen molar-refractivity contribution < 1.29 is 0 Å². The van der Waals surface area contributed by atoms with Gasteiger partial charge in [-0.3, -0.25) is 0 Å². The van der Waals surface area contributed by atoms with E-state index in [2.05, 4.69) is 29.1 Å². The number of hydrogen-bond donors (Lipinski definition) is 2. The molecule has 1 aromatic rings. The number of nitrogens with zero attached hydrogens (tertiary/aromatic N) is 2. The number of nitrogens with one attached hydrogen (secondary N) is 2. The summed E-state index contributed by atoms with van der Waals surface area (Å²) >= 11 is 0. The summed E-state index contributed by atoms with van der Waals surface area (Å²) in [5.74, 6) is 1.03. The Morgan fingerprint density at radius 1 is 1.46 bits per heavy atom. The van der Waals surface area contributed by atoms with Gasteiger partial charge in [-0.1, -0.05) is 13.8 Å². The second-order valence-corrected chi connectivity index (χ2v) is 3.07. The van der Waals surface area contributed by atoms with Crippen LogP contribution in [-0.4, -0.2) is 23.2 Å². The summed E-state index contributed by atoms with van der Waals surface area (Å²) in [7, 11) is 1.79. The van der Waals surface area contributed by atoms with Crippen LogP contribution in [0.2, 0.25) is 0 Å². The molecule has 0 spiro atoms. The lowest BCUT2D eigenvalue weighted by Crippen LogP contribution is -2.05. The highest BCUT2D eigenvalue weighted by atomic mass is 15.0. The standard InChI is InChI=1S/C9H14N4/c1-6(2)8-7(4-10)9(11-3)13-5-12-8/h4-6,10H,1-3H3,(H,11,12,13). The molecule has 0 fully saturated rings. The van der Waals surface area contributed by atoms with Gasteiger partial charge < -0.3 is 10.7 Å². The Morgan fingerprint density at radius 3 is 2.62 bits per heavy atom. The van der Waals surface area contributed by atoms with Crippen LogP contribution in [0, 0.1) is 5.41 Å². The number of rotatable bonds is 3.